The number of ether oxygens (including phenoxy) is 1. The van der Waals surface area contributed by atoms with E-state index in [1.807, 2.05) is 35.2 Å². The third-order valence-electron chi connectivity index (χ3n) is 6.20. The van der Waals surface area contributed by atoms with Crippen LogP contribution in [0.15, 0.2) is 60.9 Å². The number of carbonyl (C=O) groups is 1. The monoisotopic (exact) mass is 487 g/mol. The zero-order chi connectivity index (χ0) is 25.1. The molecule has 5 rings (SSSR count). The van der Waals surface area contributed by atoms with Gasteiger partial charge in [-0.1, -0.05) is 30.3 Å². The second-order valence-corrected chi connectivity index (χ2v) is 8.53. The number of aryl methyl sites for hydroxylation is 1. The fourth-order valence-electron chi connectivity index (χ4n) is 4.19. The fraction of sp³-hybridized carbons (Fsp3) is 0.269. The Hall–Kier alpha value is -4.34. The summed E-state index contributed by atoms with van der Waals surface area (Å²) in [5.74, 6) is 1.97. The van der Waals surface area contributed by atoms with E-state index in [4.69, 9.17) is 9.72 Å². The van der Waals surface area contributed by atoms with Crippen molar-refractivity contribution in [3.63, 3.8) is 0 Å². The van der Waals surface area contributed by atoms with Gasteiger partial charge in [-0.25, -0.2) is 24.0 Å². The zero-order valence-electron chi connectivity index (χ0n) is 20.1. The summed E-state index contributed by atoms with van der Waals surface area (Å²) in [6.07, 6.45) is 1.47. The molecule has 1 aliphatic heterocycles. The van der Waals surface area contributed by atoms with Crippen LogP contribution in [-0.4, -0.2) is 68.8 Å². The molecule has 36 heavy (non-hydrogen) atoms. The van der Waals surface area contributed by atoms with Crippen LogP contribution in [0.3, 0.4) is 0 Å². The maximum Gasteiger partial charge on any atom is 0.244 e. The Kier molecular flexibility index (Phi) is 6.57. The van der Waals surface area contributed by atoms with Crippen molar-refractivity contribution in [2.75, 3.05) is 38.2 Å². The number of anilines is 1. The molecule has 184 valence electrons. The third kappa shape index (κ3) is 4.88. The van der Waals surface area contributed by atoms with Crippen LogP contribution in [0.2, 0.25) is 0 Å². The number of piperazine rings is 1. The van der Waals surface area contributed by atoms with Crippen molar-refractivity contribution >= 4 is 11.7 Å². The summed E-state index contributed by atoms with van der Waals surface area (Å²) in [6, 6.07) is 16.2. The number of hydrogen-bond donors (Lipinski definition) is 0. The average Bonchev–Trinajstić information content (AvgIpc) is 3.34. The highest BCUT2D eigenvalue weighted by Crippen LogP contribution is 2.25. The van der Waals surface area contributed by atoms with E-state index in [9.17, 15) is 9.18 Å². The van der Waals surface area contributed by atoms with Gasteiger partial charge >= 0.3 is 0 Å². The molecule has 0 unspecified atom stereocenters. The van der Waals surface area contributed by atoms with E-state index in [2.05, 4.69) is 20.0 Å². The minimum atomic E-state index is -0.289. The Morgan fingerprint density at radius 2 is 1.78 bits per heavy atom. The molecular formula is C26H26FN7O2. The molecule has 0 atom stereocenters. The molecular weight excluding hydrogens is 461 g/mol. The van der Waals surface area contributed by atoms with Crippen molar-refractivity contribution in [2.24, 2.45) is 0 Å². The van der Waals surface area contributed by atoms with Gasteiger partial charge in [0.1, 0.15) is 24.5 Å². The van der Waals surface area contributed by atoms with Crippen LogP contribution in [0, 0.1) is 12.7 Å². The summed E-state index contributed by atoms with van der Waals surface area (Å²) in [6.45, 7) is 4.13. The summed E-state index contributed by atoms with van der Waals surface area (Å²) in [5, 5.41) is 4.65. The molecule has 9 nitrogen and oxygen atoms in total. The number of halogens is 1. The number of nitrogens with zero attached hydrogens (tertiary/aromatic N) is 7. The molecule has 0 saturated carbocycles. The minimum Gasteiger partial charge on any atom is -0.481 e. The normalized spacial score (nSPS) is 13.6. The highest BCUT2D eigenvalue weighted by atomic mass is 19.1. The third-order valence-corrected chi connectivity index (χ3v) is 6.20. The standard InChI is InChI=1S/C26H26FN7O2/c1-18-14-20(8-9-21(18)27)26-30-25(19-6-4-3-5-7-19)31-34(26)16-24(35)33-12-10-32(11-13-33)22-15-23(36-2)29-17-28-22/h3-9,14-15,17H,10-13,16H2,1-2H3. The Bertz CT molecular complexity index is 1370. The van der Waals surface area contributed by atoms with Gasteiger partial charge in [-0.05, 0) is 30.7 Å². The summed E-state index contributed by atoms with van der Waals surface area (Å²) < 4.78 is 20.7. The van der Waals surface area contributed by atoms with Gasteiger partial charge in [-0.15, -0.1) is 5.10 Å². The van der Waals surface area contributed by atoms with Gasteiger partial charge in [0.25, 0.3) is 0 Å². The van der Waals surface area contributed by atoms with Crippen LogP contribution in [0.1, 0.15) is 5.56 Å². The minimum absolute atomic E-state index is 0.0346. The van der Waals surface area contributed by atoms with Crippen molar-refractivity contribution < 1.29 is 13.9 Å². The summed E-state index contributed by atoms with van der Waals surface area (Å²) in [7, 11) is 1.57. The lowest BCUT2D eigenvalue weighted by molar-refractivity contribution is -0.132. The quantitative estimate of drug-likeness (QED) is 0.413. The molecule has 2 aromatic heterocycles. The van der Waals surface area contributed by atoms with Gasteiger partial charge in [0.05, 0.1) is 7.11 Å². The maximum absolute atomic E-state index is 13.9. The van der Waals surface area contributed by atoms with Crippen molar-refractivity contribution in [3.8, 4) is 28.7 Å². The summed E-state index contributed by atoms with van der Waals surface area (Å²) in [4.78, 5) is 30.3. The van der Waals surface area contributed by atoms with Gasteiger partial charge < -0.3 is 14.5 Å². The second-order valence-electron chi connectivity index (χ2n) is 8.53. The van der Waals surface area contributed by atoms with Crippen molar-refractivity contribution in [3.05, 3.63) is 72.3 Å². The van der Waals surface area contributed by atoms with Crippen LogP contribution < -0.4 is 9.64 Å². The largest absolute Gasteiger partial charge is 0.481 e. The van der Waals surface area contributed by atoms with Crippen LogP contribution in [0.25, 0.3) is 22.8 Å². The molecule has 1 saturated heterocycles. The number of aromatic nitrogens is 5. The second kappa shape index (κ2) is 10.1. The first-order chi connectivity index (χ1) is 17.5. The maximum atomic E-state index is 13.9. The Labute approximate surface area is 208 Å². The Morgan fingerprint density at radius 1 is 1.00 bits per heavy atom. The lowest BCUT2D eigenvalue weighted by Gasteiger charge is -2.35. The molecule has 3 heterocycles. The van der Waals surface area contributed by atoms with Gasteiger partial charge in [0.15, 0.2) is 11.6 Å². The van der Waals surface area contributed by atoms with Crippen LogP contribution in [0.5, 0.6) is 5.88 Å². The number of benzene rings is 2. The van der Waals surface area contributed by atoms with E-state index in [1.165, 1.54) is 12.4 Å². The first-order valence-corrected chi connectivity index (χ1v) is 11.7. The Morgan fingerprint density at radius 3 is 2.50 bits per heavy atom. The van der Waals surface area contributed by atoms with Crippen LogP contribution in [-0.2, 0) is 11.3 Å². The smallest absolute Gasteiger partial charge is 0.244 e. The average molecular weight is 488 g/mol. The van der Waals surface area contributed by atoms with Gasteiger partial charge in [-0.2, -0.15) is 0 Å². The molecule has 4 aromatic rings. The van der Waals surface area contributed by atoms with E-state index in [1.54, 1.807) is 36.9 Å². The molecule has 0 bridgehead atoms. The lowest BCUT2D eigenvalue weighted by atomic mass is 10.1. The summed E-state index contributed by atoms with van der Waals surface area (Å²) >= 11 is 0. The van der Waals surface area contributed by atoms with Crippen molar-refractivity contribution in [1.29, 1.82) is 0 Å². The molecule has 1 amide bonds. The number of hydrogen-bond acceptors (Lipinski definition) is 7. The van der Waals surface area contributed by atoms with Crippen LogP contribution in [0.4, 0.5) is 10.2 Å². The van der Waals surface area contributed by atoms with Gasteiger partial charge in [0.2, 0.25) is 11.8 Å². The molecule has 1 fully saturated rings. The molecule has 2 aromatic carbocycles. The van der Waals surface area contributed by atoms with E-state index in [-0.39, 0.29) is 18.3 Å². The number of methoxy groups -OCH3 is 1. The number of carbonyl (C=O) groups excluding carboxylic acids is 1. The highest BCUT2D eigenvalue weighted by Gasteiger charge is 2.24. The topological polar surface area (TPSA) is 89.3 Å². The number of rotatable bonds is 6. The molecule has 0 spiro atoms. The Balaban J connectivity index is 1.35. The van der Waals surface area contributed by atoms with Gasteiger partial charge in [0, 0.05) is 43.4 Å². The number of amides is 1. The van der Waals surface area contributed by atoms with E-state index in [0.29, 0.717) is 54.8 Å². The summed E-state index contributed by atoms with van der Waals surface area (Å²) in [5.41, 5.74) is 2.06. The first-order valence-electron chi connectivity index (χ1n) is 11.7. The van der Waals surface area contributed by atoms with Crippen LogP contribution >= 0.6 is 0 Å². The molecule has 0 aliphatic carbocycles. The van der Waals surface area contributed by atoms with E-state index < -0.39 is 0 Å². The fourth-order valence-corrected chi connectivity index (χ4v) is 4.19. The van der Waals surface area contributed by atoms with E-state index in [0.717, 1.165) is 11.4 Å². The first kappa shape index (κ1) is 23.4. The lowest BCUT2D eigenvalue weighted by Crippen LogP contribution is -2.50. The SMILES string of the molecule is COc1cc(N2CCN(C(=O)Cn3nc(-c4ccccc4)nc3-c3ccc(F)c(C)c3)CC2)ncn1. The van der Waals surface area contributed by atoms with Gasteiger partial charge in [-0.3, -0.25) is 4.79 Å². The highest BCUT2D eigenvalue weighted by molar-refractivity contribution is 5.77. The molecule has 1 aliphatic rings. The molecule has 10 heteroatoms. The van der Waals surface area contributed by atoms with Crippen molar-refractivity contribution in [2.45, 2.75) is 13.5 Å². The zero-order valence-corrected chi connectivity index (χ0v) is 20.1. The predicted octanol–water partition coefficient (Wildman–Crippen LogP) is 3.21. The molecule has 0 radical (unpaired) electrons. The molecule has 0 N–H and O–H groups in total. The van der Waals surface area contributed by atoms with E-state index >= 15 is 0 Å². The van der Waals surface area contributed by atoms with Crippen molar-refractivity contribution in [1.82, 2.24) is 29.6 Å². The predicted molar refractivity (Wildman–Crippen MR) is 133 cm³/mol.